The van der Waals surface area contributed by atoms with Gasteiger partial charge < -0.3 is 4.74 Å². The number of ether oxygens (including phenoxy) is 1. The van der Waals surface area contributed by atoms with Crippen LogP contribution < -0.4 is 4.74 Å². The minimum atomic E-state index is -4.32. The van der Waals surface area contributed by atoms with Crippen LogP contribution in [0.25, 0.3) is 0 Å². The van der Waals surface area contributed by atoms with E-state index in [0.717, 1.165) is 31.2 Å². The summed E-state index contributed by atoms with van der Waals surface area (Å²) in [5.74, 6) is 0.434. The number of alkyl halides is 3. The predicted octanol–water partition coefficient (Wildman–Crippen LogP) is 3.68. The summed E-state index contributed by atoms with van der Waals surface area (Å²) in [6, 6.07) is 3.56. The second-order valence-electron chi connectivity index (χ2n) is 4.28. The van der Waals surface area contributed by atoms with Gasteiger partial charge in [0.05, 0.1) is 0 Å². The number of aromatic nitrogens is 1. The normalized spacial score (nSPS) is 17.4. The van der Waals surface area contributed by atoms with Gasteiger partial charge in [-0.3, -0.25) is 0 Å². The lowest BCUT2D eigenvalue weighted by atomic mass is 9.99. The average molecular weight is 245 g/mol. The van der Waals surface area contributed by atoms with Crippen LogP contribution in [0.1, 0.15) is 37.2 Å². The fourth-order valence-electron chi connectivity index (χ4n) is 2.22. The largest absolute Gasteiger partial charge is 0.468 e. The van der Waals surface area contributed by atoms with Gasteiger partial charge >= 0.3 is 6.18 Å². The average Bonchev–Trinajstić information content (AvgIpc) is 2.79. The highest BCUT2D eigenvalue weighted by molar-refractivity contribution is 5.30. The van der Waals surface area contributed by atoms with Crippen molar-refractivity contribution in [2.45, 2.75) is 37.8 Å². The highest BCUT2D eigenvalue weighted by atomic mass is 19.4. The first-order valence-corrected chi connectivity index (χ1v) is 5.71. The van der Waals surface area contributed by atoms with Crippen LogP contribution in [0.15, 0.2) is 18.3 Å². The van der Waals surface area contributed by atoms with Gasteiger partial charge in [-0.25, -0.2) is 4.98 Å². The summed E-state index contributed by atoms with van der Waals surface area (Å²) in [6.45, 7) is -1.27. The number of rotatable bonds is 3. The zero-order chi connectivity index (χ0) is 12.3. The molecule has 0 bridgehead atoms. The molecule has 1 aromatic rings. The van der Waals surface area contributed by atoms with Gasteiger partial charge in [-0.2, -0.15) is 13.2 Å². The van der Waals surface area contributed by atoms with Gasteiger partial charge in [-0.15, -0.1) is 0 Å². The van der Waals surface area contributed by atoms with Gasteiger partial charge in [0.15, 0.2) is 6.61 Å². The molecular weight excluding hydrogens is 231 g/mol. The summed E-state index contributed by atoms with van der Waals surface area (Å²) in [4.78, 5) is 3.90. The van der Waals surface area contributed by atoms with Crippen molar-refractivity contribution in [1.29, 1.82) is 0 Å². The Kier molecular flexibility index (Phi) is 3.54. The SMILES string of the molecule is FC(F)(F)COc1ncccc1C1CCCC1. The van der Waals surface area contributed by atoms with Crippen molar-refractivity contribution in [3.63, 3.8) is 0 Å². The fraction of sp³-hybridized carbons (Fsp3) is 0.583. The Bertz CT molecular complexity index is 372. The molecular formula is C12H14F3NO. The quantitative estimate of drug-likeness (QED) is 0.810. The Labute approximate surface area is 97.8 Å². The van der Waals surface area contributed by atoms with E-state index in [1.807, 2.05) is 6.07 Å². The van der Waals surface area contributed by atoms with Crippen LogP contribution in [-0.4, -0.2) is 17.8 Å². The van der Waals surface area contributed by atoms with Gasteiger partial charge in [0.1, 0.15) is 0 Å². The molecule has 0 saturated heterocycles. The standard InChI is InChI=1S/C12H14F3NO/c13-12(14,15)8-17-11-10(6-3-7-16-11)9-4-1-2-5-9/h3,6-7,9H,1-2,4-5,8H2. The van der Waals surface area contributed by atoms with Crippen LogP contribution in [0, 0.1) is 0 Å². The molecule has 0 unspecified atom stereocenters. The maximum atomic E-state index is 12.1. The van der Waals surface area contributed by atoms with E-state index in [4.69, 9.17) is 4.74 Å². The van der Waals surface area contributed by atoms with Crippen molar-refractivity contribution < 1.29 is 17.9 Å². The summed E-state index contributed by atoms with van der Waals surface area (Å²) >= 11 is 0. The highest BCUT2D eigenvalue weighted by Gasteiger charge is 2.30. The Morgan fingerprint density at radius 1 is 1.29 bits per heavy atom. The highest BCUT2D eigenvalue weighted by Crippen LogP contribution is 2.37. The topological polar surface area (TPSA) is 22.1 Å². The molecule has 5 heteroatoms. The second kappa shape index (κ2) is 4.94. The lowest BCUT2D eigenvalue weighted by Crippen LogP contribution is -2.20. The van der Waals surface area contributed by atoms with Crippen LogP contribution in [-0.2, 0) is 0 Å². The molecule has 1 aliphatic rings. The molecule has 0 atom stereocenters. The third-order valence-corrected chi connectivity index (χ3v) is 2.97. The van der Waals surface area contributed by atoms with Gasteiger partial charge in [0.2, 0.25) is 5.88 Å². The predicted molar refractivity (Wildman–Crippen MR) is 57.0 cm³/mol. The van der Waals surface area contributed by atoms with Crippen molar-refractivity contribution in [2.75, 3.05) is 6.61 Å². The molecule has 1 saturated carbocycles. The van der Waals surface area contributed by atoms with Crippen molar-refractivity contribution in [2.24, 2.45) is 0 Å². The molecule has 0 spiro atoms. The van der Waals surface area contributed by atoms with E-state index in [2.05, 4.69) is 4.98 Å². The molecule has 1 heterocycles. The Morgan fingerprint density at radius 2 is 2.00 bits per heavy atom. The monoisotopic (exact) mass is 245 g/mol. The number of hydrogen-bond acceptors (Lipinski definition) is 2. The van der Waals surface area contributed by atoms with Crippen molar-refractivity contribution in [3.8, 4) is 5.88 Å². The number of nitrogens with zero attached hydrogens (tertiary/aromatic N) is 1. The minimum absolute atomic E-state index is 0.136. The summed E-state index contributed by atoms with van der Waals surface area (Å²) in [5.41, 5.74) is 0.814. The Hall–Kier alpha value is -1.26. The molecule has 94 valence electrons. The summed E-state index contributed by atoms with van der Waals surface area (Å²) in [5, 5.41) is 0. The van der Waals surface area contributed by atoms with E-state index < -0.39 is 12.8 Å². The molecule has 0 radical (unpaired) electrons. The van der Waals surface area contributed by atoms with E-state index >= 15 is 0 Å². The third-order valence-electron chi connectivity index (χ3n) is 2.97. The first-order valence-electron chi connectivity index (χ1n) is 5.71. The molecule has 1 aliphatic carbocycles. The Balaban J connectivity index is 2.10. The lowest BCUT2D eigenvalue weighted by Gasteiger charge is -2.15. The van der Waals surface area contributed by atoms with Gasteiger partial charge in [0, 0.05) is 11.8 Å². The van der Waals surface area contributed by atoms with E-state index in [1.54, 1.807) is 6.07 Å². The van der Waals surface area contributed by atoms with Crippen molar-refractivity contribution >= 4 is 0 Å². The molecule has 1 fully saturated rings. The van der Waals surface area contributed by atoms with Crippen LogP contribution in [0.4, 0.5) is 13.2 Å². The third kappa shape index (κ3) is 3.35. The molecule has 2 rings (SSSR count). The van der Waals surface area contributed by atoms with Crippen LogP contribution in [0.3, 0.4) is 0 Å². The van der Waals surface area contributed by atoms with E-state index in [1.165, 1.54) is 6.20 Å². The van der Waals surface area contributed by atoms with Crippen LogP contribution in [0.2, 0.25) is 0 Å². The van der Waals surface area contributed by atoms with Gasteiger partial charge in [0.25, 0.3) is 0 Å². The fourth-order valence-corrected chi connectivity index (χ4v) is 2.22. The molecule has 2 nitrogen and oxygen atoms in total. The Morgan fingerprint density at radius 3 is 2.65 bits per heavy atom. The summed E-state index contributed by atoms with van der Waals surface area (Å²) in [7, 11) is 0. The molecule has 17 heavy (non-hydrogen) atoms. The second-order valence-corrected chi connectivity index (χ2v) is 4.28. The summed E-state index contributed by atoms with van der Waals surface area (Å²) < 4.78 is 41.1. The molecule has 1 aromatic heterocycles. The van der Waals surface area contributed by atoms with Crippen molar-refractivity contribution in [1.82, 2.24) is 4.98 Å². The minimum Gasteiger partial charge on any atom is -0.468 e. The zero-order valence-electron chi connectivity index (χ0n) is 9.33. The van der Waals surface area contributed by atoms with E-state index in [9.17, 15) is 13.2 Å². The van der Waals surface area contributed by atoms with Crippen molar-refractivity contribution in [3.05, 3.63) is 23.9 Å². The van der Waals surface area contributed by atoms with Crippen LogP contribution >= 0.6 is 0 Å². The summed E-state index contributed by atoms with van der Waals surface area (Å²) in [6.07, 6.45) is 1.41. The number of halogens is 3. The smallest absolute Gasteiger partial charge is 0.422 e. The number of hydrogen-bond donors (Lipinski definition) is 0. The van der Waals surface area contributed by atoms with E-state index in [0.29, 0.717) is 5.92 Å². The van der Waals surface area contributed by atoms with Crippen LogP contribution in [0.5, 0.6) is 5.88 Å². The molecule has 0 N–H and O–H groups in total. The number of pyridine rings is 1. The lowest BCUT2D eigenvalue weighted by molar-refractivity contribution is -0.154. The van der Waals surface area contributed by atoms with Gasteiger partial charge in [-0.05, 0) is 24.8 Å². The zero-order valence-corrected chi connectivity index (χ0v) is 9.33. The maximum Gasteiger partial charge on any atom is 0.422 e. The van der Waals surface area contributed by atoms with E-state index in [-0.39, 0.29) is 5.88 Å². The molecule has 0 amide bonds. The van der Waals surface area contributed by atoms with Gasteiger partial charge in [-0.1, -0.05) is 18.9 Å². The first kappa shape index (κ1) is 12.2. The first-order chi connectivity index (χ1) is 8.06. The molecule has 0 aliphatic heterocycles. The molecule has 0 aromatic carbocycles. The maximum absolute atomic E-state index is 12.1.